The third kappa shape index (κ3) is 4.24. The molecule has 0 spiro atoms. The fourth-order valence-corrected chi connectivity index (χ4v) is 7.14. The van der Waals surface area contributed by atoms with Gasteiger partial charge in [0.25, 0.3) is 0 Å². The zero-order chi connectivity index (χ0) is 29.7. The fourth-order valence-electron chi connectivity index (χ4n) is 7.14. The number of anilines is 3. The van der Waals surface area contributed by atoms with Gasteiger partial charge in [0.05, 0.1) is 0 Å². The van der Waals surface area contributed by atoms with Crippen LogP contribution in [-0.2, 0) is 5.41 Å². The van der Waals surface area contributed by atoms with Crippen LogP contribution in [0.1, 0.15) is 25.0 Å². The van der Waals surface area contributed by atoms with Crippen molar-refractivity contribution in [3.63, 3.8) is 0 Å². The first kappa shape index (κ1) is 26.2. The molecule has 0 aliphatic heterocycles. The summed E-state index contributed by atoms with van der Waals surface area (Å²) >= 11 is 0. The van der Waals surface area contributed by atoms with Crippen molar-refractivity contribution in [2.75, 3.05) is 4.90 Å². The Morgan fingerprint density at radius 2 is 0.977 bits per heavy atom. The Kier molecular flexibility index (Phi) is 6.20. The first-order valence-electron chi connectivity index (χ1n) is 15.4. The van der Waals surface area contributed by atoms with E-state index in [0.29, 0.717) is 0 Å². The van der Waals surface area contributed by atoms with Gasteiger partial charge in [0.2, 0.25) is 0 Å². The van der Waals surface area contributed by atoms with Gasteiger partial charge in [-0.15, -0.1) is 0 Å². The van der Waals surface area contributed by atoms with Gasteiger partial charge in [-0.2, -0.15) is 0 Å². The maximum atomic E-state index is 2.42. The molecule has 7 aromatic rings. The molecule has 1 aliphatic rings. The fraction of sp³-hybridized carbons (Fsp3) is 0.0698. The zero-order valence-corrected chi connectivity index (χ0v) is 25.0. The predicted octanol–water partition coefficient (Wildman–Crippen LogP) is 11.9. The summed E-state index contributed by atoms with van der Waals surface area (Å²) in [4.78, 5) is 2.38. The van der Waals surface area contributed by atoms with Crippen LogP contribution in [0.4, 0.5) is 17.1 Å². The number of para-hydroxylation sites is 1. The minimum Gasteiger partial charge on any atom is -0.310 e. The van der Waals surface area contributed by atoms with Gasteiger partial charge in [-0.05, 0) is 97.7 Å². The van der Waals surface area contributed by atoms with E-state index in [1.54, 1.807) is 0 Å². The Hall–Kier alpha value is -5.40. The number of nitrogens with zero attached hydrogens (tertiary/aromatic N) is 1. The van der Waals surface area contributed by atoms with Crippen LogP contribution < -0.4 is 4.90 Å². The molecule has 1 heteroatoms. The normalized spacial score (nSPS) is 13.0. The molecule has 0 heterocycles. The molecule has 0 atom stereocenters. The summed E-state index contributed by atoms with van der Waals surface area (Å²) in [6, 6.07) is 59.4. The van der Waals surface area contributed by atoms with Crippen molar-refractivity contribution < 1.29 is 0 Å². The summed E-state index contributed by atoms with van der Waals surface area (Å²) in [7, 11) is 0. The van der Waals surface area contributed by atoms with Crippen LogP contribution in [-0.4, -0.2) is 0 Å². The van der Waals surface area contributed by atoms with Crippen LogP contribution in [0.25, 0.3) is 44.2 Å². The van der Waals surface area contributed by atoms with Crippen LogP contribution in [0.2, 0.25) is 0 Å². The summed E-state index contributed by atoms with van der Waals surface area (Å²) in [5.74, 6) is 0. The summed E-state index contributed by atoms with van der Waals surface area (Å²) < 4.78 is 0. The molecular weight excluding hydrogens is 530 g/mol. The smallest absolute Gasteiger partial charge is 0.0468 e. The van der Waals surface area contributed by atoms with E-state index in [2.05, 4.69) is 183 Å². The van der Waals surface area contributed by atoms with E-state index >= 15 is 0 Å². The van der Waals surface area contributed by atoms with Gasteiger partial charge in [-0.1, -0.05) is 135 Å². The minimum atomic E-state index is -0.136. The minimum absolute atomic E-state index is 0.136. The van der Waals surface area contributed by atoms with Gasteiger partial charge in [0.1, 0.15) is 0 Å². The number of rotatable bonds is 5. The molecule has 0 N–H and O–H groups in total. The van der Waals surface area contributed by atoms with Crippen molar-refractivity contribution in [2.24, 2.45) is 0 Å². The van der Waals surface area contributed by atoms with Gasteiger partial charge >= 0.3 is 0 Å². The second-order valence-corrected chi connectivity index (χ2v) is 12.2. The summed E-state index contributed by atoms with van der Waals surface area (Å²) in [5.41, 5.74) is 13.7. The van der Waals surface area contributed by atoms with Crippen LogP contribution in [0.15, 0.2) is 164 Å². The molecular formula is C43H33N. The summed E-state index contributed by atoms with van der Waals surface area (Å²) in [6.45, 7) is 4.77. The third-order valence-corrected chi connectivity index (χ3v) is 9.21. The lowest BCUT2D eigenvalue weighted by atomic mass is 9.79. The average Bonchev–Trinajstić information content (AvgIpc) is 3.32. The molecule has 0 unspecified atom stereocenters. The lowest BCUT2D eigenvalue weighted by molar-refractivity contribution is 0.666. The summed E-state index contributed by atoms with van der Waals surface area (Å²) in [5, 5.41) is 2.62. The van der Waals surface area contributed by atoms with Crippen molar-refractivity contribution >= 4 is 27.8 Å². The van der Waals surface area contributed by atoms with E-state index in [0.717, 1.165) is 17.1 Å². The van der Waals surface area contributed by atoms with Crippen LogP contribution in [0, 0.1) is 0 Å². The Balaban J connectivity index is 1.35. The maximum absolute atomic E-state index is 2.42. The van der Waals surface area contributed by atoms with Crippen molar-refractivity contribution in [2.45, 2.75) is 19.3 Å². The molecule has 0 amide bonds. The Labute approximate surface area is 259 Å². The molecule has 7 aromatic carbocycles. The first-order valence-corrected chi connectivity index (χ1v) is 15.4. The molecule has 1 nitrogen and oxygen atoms in total. The van der Waals surface area contributed by atoms with Gasteiger partial charge in [-0.3, -0.25) is 0 Å². The van der Waals surface area contributed by atoms with E-state index in [-0.39, 0.29) is 5.41 Å². The molecule has 0 saturated heterocycles. The third-order valence-electron chi connectivity index (χ3n) is 9.21. The van der Waals surface area contributed by atoms with E-state index < -0.39 is 0 Å². The van der Waals surface area contributed by atoms with E-state index in [4.69, 9.17) is 0 Å². The van der Waals surface area contributed by atoms with Gasteiger partial charge in [0.15, 0.2) is 0 Å². The monoisotopic (exact) mass is 563 g/mol. The van der Waals surface area contributed by atoms with E-state index in [1.165, 1.54) is 55.3 Å². The molecule has 0 fully saturated rings. The number of hydrogen-bond donors (Lipinski definition) is 0. The molecule has 0 bridgehead atoms. The van der Waals surface area contributed by atoms with E-state index in [1.807, 2.05) is 0 Å². The topological polar surface area (TPSA) is 3.24 Å². The highest BCUT2D eigenvalue weighted by atomic mass is 15.1. The second-order valence-electron chi connectivity index (χ2n) is 12.2. The van der Waals surface area contributed by atoms with Crippen LogP contribution in [0.3, 0.4) is 0 Å². The van der Waals surface area contributed by atoms with Crippen LogP contribution in [0.5, 0.6) is 0 Å². The van der Waals surface area contributed by atoms with Crippen LogP contribution >= 0.6 is 0 Å². The molecule has 8 rings (SSSR count). The van der Waals surface area contributed by atoms with Crippen molar-refractivity contribution in [1.82, 2.24) is 0 Å². The molecule has 1 aliphatic carbocycles. The van der Waals surface area contributed by atoms with Gasteiger partial charge < -0.3 is 4.90 Å². The van der Waals surface area contributed by atoms with Crippen molar-refractivity contribution in [3.05, 3.63) is 175 Å². The number of hydrogen-bond acceptors (Lipinski definition) is 1. The Morgan fingerprint density at radius 1 is 0.432 bits per heavy atom. The largest absolute Gasteiger partial charge is 0.310 e. The average molecular weight is 564 g/mol. The maximum Gasteiger partial charge on any atom is 0.0468 e. The van der Waals surface area contributed by atoms with Gasteiger partial charge in [0, 0.05) is 22.5 Å². The predicted molar refractivity (Wildman–Crippen MR) is 187 cm³/mol. The first-order chi connectivity index (χ1) is 21.6. The number of fused-ring (bicyclic) bond motifs is 5. The highest BCUT2D eigenvalue weighted by Crippen LogP contribution is 2.56. The molecule has 0 radical (unpaired) electrons. The van der Waals surface area contributed by atoms with Crippen molar-refractivity contribution in [3.8, 4) is 33.4 Å². The molecule has 44 heavy (non-hydrogen) atoms. The molecule has 0 aromatic heterocycles. The molecule has 0 saturated carbocycles. The standard InChI is InChI=1S/C43H33N/c1-43(2)40-27-26-36(44(34-19-10-5-11-20-34)35-24-22-31(23-25-35)30-14-6-3-7-15-30)29-39(40)41-38(32-16-8-4-9-17-32)28-33-18-12-13-21-37(33)42(41)43/h3-29H,1-2H3. The van der Waals surface area contributed by atoms with Crippen molar-refractivity contribution in [1.29, 1.82) is 0 Å². The number of benzene rings is 7. The van der Waals surface area contributed by atoms with Gasteiger partial charge in [-0.25, -0.2) is 0 Å². The van der Waals surface area contributed by atoms with E-state index in [9.17, 15) is 0 Å². The SMILES string of the molecule is CC1(C)c2ccc(N(c3ccccc3)c3ccc(-c4ccccc4)cc3)cc2-c2c(-c3ccccc3)cc3ccccc3c21. The quantitative estimate of drug-likeness (QED) is 0.201. The highest BCUT2D eigenvalue weighted by Gasteiger charge is 2.39. The summed E-state index contributed by atoms with van der Waals surface area (Å²) in [6.07, 6.45) is 0. The molecule has 210 valence electrons. The second kappa shape index (κ2) is 10.4. The lowest BCUT2D eigenvalue weighted by Crippen LogP contribution is -2.16. The lowest BCUT2D eigenvalue weighted by Gasteiger charge is -2.27. The highest BCUT2D eigenvalue weighted by molar-refractivity contribution is 6.05. The zero-order valence-electron chi connectivity index (χ0n) is 25.0. The Bertz CT molecular complexity index is 2110. The Morgan fingerprint density at radius 3 is 1.68 bits per heavy atom.